The maximum atomic E-state index is 12.7. The molecule has 0 radical (unpaired) electrons. The van der Waals surface area contributed by atoms with Gasteiger partial charge < -0.3 is 5.11 Å². The molecule has 3 atom stereocenters. The predicted molar refractivity (Wildman–Crippen MR) is 104 cm³/mol. The highest BCUT2D eigenvalue weighted by atomic mass is 32.2. The van der Waals surface area contributed by atoms with Crippen LogP contribution in [0.25, 0.3) is 5.69 Å². The van der Waals surface area contributed by atoms with E-state index in [2.05, 4.69) is 24.9 Å². The summed E-state index contributed by atoms with van der Waals surface area (Å²) >= 11 is 0. The van der Waals surface area contributed by atoms with Crippen molar-refractivity contribution < 1.29 is 13.5 Å². The molecule has 0 aromatic carbocycles. The van der Waals surface area contributed by atoms with Crippen LogP contribution in [0.5, 0.6) is 0 Å². The lowest BCUT2D eigenvalue weighted by atomic mass is 9.83. The first-order chi connectivity index (χ1) is 13.8. The summed E-state index contributed by atoms with van der Waals surface area (Å²) in [5.74, 6) is 1.32. The largest absolute Gasteiger partial charge is 0.391 e. The summed E-state index contributed by atoms with van der Waals surface area (Å²) in [6.07, 6.45) is 6.90. The zero-order chi connectivity index (χ0) is 20.6. The van der Waals surface area contributed by atoms with Crippen molar-refractivity contribution in [3.63, 3.8) is 0 Å². The Morgan fingerprint density at radius 3 is 2.79 bits per heavy atom. The summed E-state index contributed by atoms with van der Waals surface area (Å²) in [5, 5.41) is 18.8. The van der Waals surface area contributed by atoms with E-state index in [9.17, 15) is 13.5 Å². The third-order valence-electron chi connectivity index (χ3n) is 5.11. The fraction of sp³-hybridized carbons (Fsp3) is 0.444. The van der Waals surface area contributed by atoms with E-state index in [1.165, 1.54) is 17.1 Å². The maximum Gasteiger partial charge on any atom is 0.244 e. The summed E-state index contributed by atoms with van der Waals surface area (Å²) in [7, 11) is -2.13. The van der Waals surface area contributed by atoms with Crippen LogP contribution in [0.1, 0.15) is 36.8 Å². The van der Waals surface area contributed by atoms with Gasteiger partial charge in [0.15, 0.2) is 0 Å². The molecule has 10 nitrogen and oxygen atoms in total. The van der Waals surface area contributed by atoms with Crippen molar-refractivity contribution in [1.82, 2.24) is 34.3 Å². The number of sulfonamides is 1. The zero-order valence-corrected chi connectivity index (χ0v) is 17.0. The van der Waals surface area contributed by atoms with Crippen LogP contribution < -0.4 is 4.72 Å². The highest BCUT2D eigenvalue weighted by Crippen LogP contribution is 2.34. The van der Waals surface area contributed by atoms with E-state index < -0.39 is 22.2 Å². The molecule has 3 aromatic rings. The van der Waals surface area contributed by atoms with Gasteiger partial charge in [-0.25, -0.2) is 22.8 Å². The number of aliphatic hydroxyl groups excluding tert-OH is 1. The number of hydrogen-bond acceptors (Lipinski definition) is 7. The second-order valence-electron chi connectivity index (χ2n) is 7.30. The highest BCUT2D eigenvalue weighted by molar-refractivity contribution is 7.89. The van der Waals surface area contributed by atoms with Crippen LogP contribution in [0, 0.1) is 6.92 Å². The number of pyridine rings is 1. The zero-order valence-electron chi connectivity index (χ0n) is 16.2. The average molecular weight is 417 g/mol. The van der Waals surface area contributed by atoms with E-state index in [0.717, 1.165) is 11.5 Å². The van der Waals surface area contributed by atoms with Crippen LogP contribution in [-0.2, 0) is 17.1 Å². The van der Waals surface area contributed by atoms with Crippen molar-refractivity contribution >= 4 is 10.0 Å². The molecule has 1 saturated carbocycles. The minimum absolute atomic E-state index is 0.0543. The lowest BCUT2D eigenvalue weighted by Crippen LogP contribution is -2.46. The van der Waals surface area contributed by atoms with Crippen molar-refractivity contribution in [2.45, 2.75) is 49.1 Å². The minimum atomic E-state index is -3.78. The summed E-state index contributed by atoms with van der Waals surface area (Å²) in [6, 6.07) is 3.09. The lowest BCUT2D eigenvalue weighted by Gasteiger charge is -2.33. The topological polar surface area (TPSA) is 128 Å². The summed E-state index contributed by atoms with van der Waals surface area (Å²) in [5.41, 5.74) is 0.793. The number of aromatic nitrogens is 6. The van der Waals surface area contributed by atoms with Gasteiger partial charge in [-0.15, -0.1) is 0 Å². The summed E-state index contributed by atoms with van der Waals surface area (Å²) in [6.45, 7) is 1.82. The smallest absolute Gasteiger partial charge is 0.244 e. The van der Waals surface area contributed by atoms with Gasteiger partial charge in [0.1, 0.15) is 16.5 Å². The number of rotatable bonds is 5. The van der Waals surface area contributed by atoms with Gasteiger partial charge in [0.05, 0.1) is 24.2 Å². The molecule has 0 aliphatic heterocycles. The Kier molecular flexibility index (Phi) is 5.19. The van der Waals surface area contributed by atoms with Gasteiger partial charge in [-0.3, -0.25) is 9.67 Å². The molecule has 0 spiro atoms. The van der Waals surface area contributed by atoms with Gasteiger partial charge in [0, 0.05) is 31.4 Å². The first kappa shape index (κ1) is 19.7. The Bertz CT molecular complexity index is 1090. The van der Waals surface area contributed by atoms with Gasteiger partial charge >= 0.3 is 0 Å². The molecule has 29 heavy (non-hydrogen) atoms. The molecule has 2 N–H and O–H groups in total. The van der Waals surface area contributed by atoms with Gasteiger partial charge in [0.2, 0.25) is 10.0 Å². The molecule has 0 unspecified atom stereocenters. The van der Waals surface area contributed by atoms with E-state index in [1.54, 1.807) is 24.1 Å². The molecule has 0 amide bonds. The number of hydrogen-bond donors (Lipinski definition) is 2. The maximum absolute atomic E-state index is 12.7. The quantitative estimate of drug-likeness (QED) is 0.625. The van der Waals surface area contributed by atoms with E-state index in [-0.39, 0.29) is 10.8 Å². The van der Waals surface area contributed by atoms with Gasteiger partial charge in [-0.1, -0.05) is 0 Å². The van der Waals surface area contributed by atoms with Gasteiger partial charge in [0.25, 0.3) is 0 Å². The van der Waals surface area contributed by atoms with E-state index in [0.29, 0.717) is 25.1 Å². The molecule has 4 rings (SSSR count). The van der Waals surface area contributed by atoms with Crippen LogP contribution in [0.15, 0.2) is 41.8 Å². The summed E-state index contributed by atoms with van der Waals surface area (Å²) in [4.78, 5) is 8.79. The molecule has 0 saturated heterocycles. The van der Waals surface area contributed by atoms with Crippen molar-refractivity contribution in [3.8, 4) is 5.69 Å². The molecule has 1 aliphatic carbocycles. The van der Waals surface area contributed by atoms with E-state index in [4.69, 9.17) is 0 Å². The Morgan fingerprint density at radius 1 is 1.28 bits per heavy atom. The second kappa shape index (κ2) is 7.65. The van der Waals surface area contributed by atoms with Crippen molar-refractivity contribution in [3.05, 3.63) is 48.6 Å². The Hall–Kier alpha value is -2.63. The Labute approximate surface area is 168 Å². The van der Waals surface area contributed by atoms with E-state index >= 15 is 0 Å². The fourth-order valence-corrected chi connectivity index (χ4v) is 4.95. The van der Waals surface area contributed by atoms with Crippen LogP contribution in [0.4, 0.5) is 0 Å². The first-order valence-corrected chi connectivity index (χ1v) is 10.8. The van der Waals surface area contributed by atoms with Crippen molar-refractivity contribution in [1.29, 1.82) is 0 Å². The molecule has 3 aromatic heterocycles. The van der Waals surface area contributed by atoms with Crippen molar-refractivity contribution in [2.75, 3.05) is 0 Å². The molecular formula is C18H23N7O3S. The molecule has 1 aliphatic rings. The number of nitrogens with one attached hydrogen (secondary N) is 1. The first-order valence-electron chi connectivity index (χ1n) is 9.36. The fourth-order valence-electron chi connectivity index (χ4n) is 3.69. The Morgan fingerprint density at radius 2 is 2.10 bits per heavy atom. The second-order valence-corrected chi connectivity index (χ2v) is 9.01. The van der Waals surface area contributed by atoms with Crippen LogP contribution in [-0.4, -0.2) is 55.2 Å². The third-order valence-corrected chi connectivity index (χ3v) is 6.55. The number of nitrogens with zero attached hydrogens (tertiary/aromatic N) is 6. The number of aryl methyl sites for hydroxylation is 2. The average Bonchev–Trinajstić information content (AvgIpc) is 3.30. The van der Waals surface area contributed by atoms with Crippen molar-refractivity contribution in [2.24, 2.45) is 7.05 Å². The van der Waals surface area contributed by atoms with Gasteiger partial charge in [-0.2, -0.15) is 10.2 Å². The lowest BCUT2D eigenvalue weighted by molar-refractivity contribution is 0.0918. The van der Waals surface area contributed by atoms with Crippen LogP contribution >= 0.6 is 0 Å². The molecule has 3 heterocycles. The SMILES string of the molecule is Cc1nc([C@H]2CC[C@@H](O)[C@H](NS(=O)(=O)c3cnn(C)c3)C2)n(-c2cccnc2)n1. The molecular weight excluding hydrogens is 394 g/mol. The third kappa shape index (κ3) is 4.07. The highest BCUT2D eigenvalue weighted by Gasteiger charge is 2.35. The summed E-state index contributed by atoms with van der Waals surface area (Å²) < 4.78 is 31.2. The number of aliphatic hydroxyl groups is 1. The van der Waals surface area contributed by atoms with Gasteiger partial charge in [-0.05, 0) is 38.3 Å². The molecule has 154 valence electrons. The predicted octanol–water partition coefficient (Wildman–Crippen LogP) is 0.680. The van der Waals surface area contributed by atoms with Crippen LogP contribution in [0.3, 0.4) is 0 Å². The Balaban J connectivity index is 1.59. The van der Waals surface area contributed by atoms with Crippen LogP contribution in [0.2, 0.25) is 0 Å². The van der Waals surface area contributed by atoms with E-state index in [1.807, 2.05) is 19.1 Å². The standard InChI is InChI=1S/C18H23N7O3S/c1-12-21-18(25(22-12)14-4-3-7-19-9-14)13-5-6-17(26)16(8-13)23-29(27,28)15-10-20-24(2)11-15/h3-4,7,9-11,13,16-17,23,26H,5-6,8H2,1-2H3/t13-,16+,17+/m0/s1. The minimum Gasteiger partial charge on any atom is -0.391 e. The monoisotopic (exact) mass is 417 g/mol. The molecule has 11 heteroatoms. The molecule has 0 bridgehead atoms. The molecule has 1 fully saturated rings. The normalized spacial score (nSPS) is 22.7.